The lowest BCUT2D eigenvalue weighted by Crippen LogP contribution is -2.67. The van der Waals surface area contributed by atoms with E-state index in [1.807, 2.05) is 0 Å². The van der Waals surface area contributed by atoms with Gasteiger partial charge >= 0.3 is 17.9 Å². The van der Waals surface area contributed by atoms with Gasteiger partial charge in [0.25, 0.3) is 0 Å². The van der Waals surface area contributed by atoms with Crippen LogP contribution in [-0.4, -0.2) is 36.2 Å². The molecule has 6 nitrogen and oxygen atoms in total. The lowest BCUT2D eigenvalue weighted by molar-refractivity contribution is -0.221. The quantitative estimate of drug-likeness (QED) is 0.212. The van der Waals surface area contributed by atoms with Gasteiger partial charge in [0.15, 0.2) is 0 Å². The van der Waals surface area contributed by atoms with E-state index in [1.54, 1.807) is 0 Å². The lowest BCUT2D eigenvalue weighted by Gasteiger charge is -2.71. The van der Waals surface area contributed by atoms with Crippen LogP contribution in [0.4, 0.5) is 0 Å². The van der Waals surface area contributed by atoms with Crippen LogP contribution < -0.4 is 0 Å². The number of hydrogen-bond donors (Lipinski definition) is 0. The van der Waals surface area contributed by atoms with E-state index in [2.05, 4.69) is 54.5 Å². The van der Waals surface area contributed by atoms with Gasteiger partial charge in [0, 0.05) is 37.0 Å². The summed E-state index contributed by atoms with van der Waals surface area (Å²) in [6.07, 6.45) is 9.15. The third kappa shape index (κ3) is 3.37. The molecule has 0 aromatic carbocycles. The maximum atomic E-state index is 13.8. The van der Waals surface area contributed by atoms with Gasteiger partial charge in [-0.15, -0.1) is 0 Å². The topological polar surface area (TPSA) is 78.9 Å². The van der Waals surface area contributed by atoms with Crippen molar-refractivity contribution in [1.29, 1.82) is 0 Å². The Bertz CT molecular complexity index is 1180. The molecule has 0 aromatic heterocycles. The van der Waals surface area contributed by atoms with E-state index >= 15 is 0 Å². The molecule has 5 fully saturated rings. The number of ether oxygens (including phenoxy) is 3. The highest BCUT2D eigenvalue weighted by Gasteiger charge is 2.75. The highest BCUT2D eigenvalue weighted by atomic mass is 16.6. The van der Waals surface area contributed by atoms with E-state index in [0.29, 0.717) is 24.7 Å². The second-order valence-corrected chi connectivity index (χ2v) is 16.4. The van der Waals surface area contributed by atoms with E-state index in [9.17, 15) is 14.4 Å². The first kappa shape index (κ1) is 28.3. The van der Waals surface area contributed by atoms with Crippen LogP contribution >= 0.6 is 0 Å². The summed E-state index contributed by atoms with van der Waals surface area (Å²) in [6.45, 7) is 19.5. The Morgan fingerprint density at radius 3 is 2.15 bits per heavy atom. The van der Waals surface area contributed by atoms with Crippen LogP contribution in [0, 0.1) is 50.2 Å². The molecular formula is C34H50O6. The molecule has 1 heterocycles. The minimum Gasteiger partial charge on any atom is -0.462 e. The van der Waals surface area contributed by atoms with E-state index in [4.69, 9.17) is 14.2 Å². The first-order valence-corrected chi connectivity index (χ1v) is 15.7. The average Bonchev–Trinajstić information content (AvgIpc) is 3.14. The Labute approximate surface area is 240 Å². The summed E-state index contributed by atoms with van der Waals surface area (Å²) in [5, 5.41) is 0. The number of fused-ring (bicyclic) bond motifs is 7. The summed E-state index contributed by atoms with van der Waals surface area (Å²) >= 11 is 0. The third-order valence-electron chi connectivity index (χ3n) is 14.0. The maximum Gasteiger partial charge on any atom is 0.316 e. The summed E-state index contributed by atoms with van der Waals surface area (Å²) in [4.78, 5) is 38.3. The van der Waals surface area contributed by atoms with E-state index in [-0.39, 0.29) is 63.1 Å². The van der Waals surface area contributed by atoms with Gasteiger partial charge in [0.2, 0.25) is 0 Å². The molecule has 1 saturated heterocycles. The molecule has 0 aromatic rings. The first-order valence-electron chi connectivity index (χ1n) is 15.7. The Morgan fingerprint density at radius 1 is 0.850 bits per heavy atom. The van der Waals surface area contributed by atoms with Gasteiger partial charge in [-0.2, -0.15) is 0 Å². The van der Waals surface area contributed by atoms with Gasteiger partial charge in [-0.05, 0) is 73.0 Å². The van der Waals surface area contributed by atoms with Gasteiger partial charge in [0.1, 0.15) is 23.7 Å². The standard InChI is InChI=1S/C34H50O6/c1-19(35)38-25-13-14-31(7)23(30(25,5)6)12-15-32(8)24(31)11-10-21-22-16-29(3,4)26-18-34(22,28(37)40-26)27(39-20(2)36)17-33(21,32)9/h10,22-27H,11-18H2,1-9H3/t22-,23-,24+,25-,26-,27+,31-,32+,33+,34+/m0/s1. The van der Waals surface area contributed by atoms with Crippen molar-refractivity contribution in [3.63, 3.8) is 0 Å². The van der Waals surface area contributed by atoms with Crippen molar-refractivity contribution in [2.45, 2.75) is 132 Å². The molecule has 1 spiro atoms. The smallest absolute Gasteiger partial charge is 0.316 e. The fourth-order valence-electron chi connectivity index (χ4n) is 11.8. The zero-order valence-electron chi connectivity index (χ0n) is 26.1. The average molecular weight is 555 g/mol. The highest BCUT2D eigenvalue weighted by Crippen LogP contribution is 2.77. The molecule has 40 heavy (non-hydrogen) atoms. The number of hydrogen-bond acceptors (Lipinski definition) is 6. The van der Waals surface area contributed by atoms with Crippen molar-refractivity contribution in [3.8, 4) is 0 Å². The maximum absolute atomic E-state index is 13.8. The molecule has 0 N–H and O–H groups in total. The predicted molar refractivity (Wildman–Crippen MR) is 151 cm³/mol. The second-order valence-electron chi connectivity index (χ2n) is 16.4. The molecular weight excluding hydrogens is 504 g/mol. The predicted octanol–water partition coefficient (Wildman–Crippen LogP) is 6.80. The van der Waals surface area contributed by atoms with E-state index in [1.165, 1.54) is 19.4 Å². The Kier molecular flexibility index (Phi) is 5.92. The van der Waals surface area contributed by atoms with Crippen molar-refractivity contribution in [1.82, 2.24) is 0 Å². The van der Waals surface area contributed by atoms with E-state index < -0.39 is 11.5 Å². The summed E-state index contributed by atoms with van der Waals surface area (Å²) in [7, 11) is 0. The van der Waals surface area contributed by atoms with Crippen LogP contribution in [0.1, 0.15) is 114 Å². The SMILES string of the molecule is CC(=O)O[C@H]1CC[C@]2(C)[C@H]3CC=C4[C@@H]5CC(C)(C)[C@@H]6C[C@]5(C(=O)O6)[C@H](OC(C)=O)C[C@@]4(C)[C@]3(C)CC[C@H]2C1(C)C. The molecule has 10 atom stereocenters. The molecule has 5 aliphatic carbocycles. The van der Waals surface area contributed by atoms with Crippen LogP contribution in [0.5, 0.6) is 0 Å². The molecule has 0 amide bonds. The number of carbonyl (C=O) groups is 3. The van der Waals surface area contributed by atoms with Crippen LogP contribution in [-0.2, 0) is 28.6 Å². The summed E-state index contributed by atoms with van der Waals surface area (Å²) in [5.74, 6) is 0.280. The molecule has 0 unspecified atom stereocenters. The summed E-state index contributed by atoms with van der Waals surface area (Å²) in [5.41, 5.74) is 0.339. The van der Waals surface area contributed by atoms with Crippen molar-refractivity contribution in [2.24, 2.45) is 50.2 Å². The summed E-state index contributed by atoms with van der Waals surface area (Å²) in [6, 6.07) is 0. The molecule has 6 heteroatoms. The van der Waals surface area contributed by atoms with Crippen LogP contribution in [0.25, 0.3) is 0 Å². The fourth-order valence-corrected chi connectivity index (χ4v) is 11.8. The van der Waals surface area contributed by atoms with Crippen molar-refractivity contribution < 1.29 is 28.6 Å². The Balaban J connectivity index is 1.45. The zero-order valence-corrected chi connectivity index (χ0v) is 26.1. The molecule has 4 saturated carbocycles. The van der Waals surface area contributed by atoms with Gasteiger partial charge in [0.05, 0.1) is 0 Å². The largest absolute Gasteiger partial charge is 0.462 e. The van der Waals surface area contributed by atoms with Crippen molar-refractivity contribution in [2.75, 3.05) is 0 Å². The number of esters is 3. The highest BCUT2D eigenvalue weighted by molar-refractivity contribution is 5.83. The molecule has 222 valence electrons. The van der Waals surface area contributed by atoms with Crippen LogP contribution in [0.3, 0.4) is 0 Å². The van der Waals surface area contributed by atoms with Crippen molar-refractivity contribution in [3.05, 3.63) is 11.6 Å². The summed E-state index contributed by atoms with van der Waals surface area (Å²) < 4.78 is 18.1. The monoisotopic (exact) mass is 554 g/mol. The number of rotatable bonds is 2. The number of allylic oxidation sites excluding steroid dienone is 2. The second kappa shape index (κ2) is 8.37. The van der Waals surface area contributed by atoms with Gasteiger partial charge in [-0.25, -0.2) is 0 Å². The normalized spacial score (nSPS) is 49.7. The van der Waals surface area contributed by atoms with Gasteiger partial charge < -0.3 is 14.2 Å². The van der Waals surface area contributed by atoms with Gasteiger partial charge in [-0.1, -0.05) is 60.1 Å². The molecule has 1 aliphatic heterocycles. The molecule has 0 radical (unpaired) electrons. The minimum absolute atomic E-state index is 0.00378. The van der Waals surface area contributed by atoms with Crippen molar-refractivity contribution >= 4 is 17.9 Å². The molecule has 6 aliphatic rings. The Hall–Kier alpha value is -1.85. The van der Waals surface area contributed by atoms with Gasteiger partial charge in [-0.3, -0.25) is 14.4 Å². The molecule has 2 bridgehead atoms. The van der Waals surface area contributed by atoms with E-state index in [0.717, 1.165) is 38.5 Å². The fraction of sp³-hybridized carbons (Fsp3) is 0.853. The Morgan fingerprint density at radius 2 is 1.50 bits per heavy atom. The number of carbonyl (C=O) groups excluding carboxylic acids is 3. The van der Waals surface area contributed by atoms with Crippen LogP contribution in [0.2, 0.25) is 0 Å². The zero-order chi connectivity index (χ0) is 29.3. The first-order chi connectivity index (χ1) is 18.4. The minimum atomic E-state index is -0.772. The van der Waals surface area contributed by atoms with Crippen LogP contribution in [0.15, 0.2) is 11.6 Å². The lowest BCUT2D eigenvalue weighted by atomic mass is 9.33. The third-order valence-corrected chi connectivity index (χ3v) is 14.0. The molecule has 6 rings (SSSR count).